The summed E-state index contributed by atoms with van der Waals surface area (Å²) in [6.07, 6.45) is 1.53. The lowest BCUT2D eigenvalue weighted by molar-refractivity contribution is -0.124. The van der Waals surface area contributed by atoms with Gasteiger partial charge in [-0.15, -0.1) is 0 Å². The Bertz CT molecular complexity index is 484. The molecule has 0 saturated heterocycles. The summed E-state index contributed by atoms with van der Waals surface area (Å²) in [5.41, 5.74) is 6.96. The van der Waals surface area contributed by atoms with Crippen LogP contribution in [0.15, 0.2) is 4.47 Å². The molecular formula is C14H25BrN4O. The minimum Gasteiger partial charge on any atom is -0.368 e. The Labute approximate surface area is 129 Å². The largest absolute Gasteiger partial charge is 0.368 e. The van der Waals surface area contributed by atoms with Crippen LogP contribution < -0.4 is 11.1 Å². The molecule has 1 unspecified atom stereocenters. The van der Waals surface area contributed by atoms with Crippen molar-refractivity contribution in [2.45, 2.75) is 65.6 Å². The van der Waals surface area contributed by atoms with Crippen LogP contribution in [0.5, 0.6) is 0 Å². The number of nitrogens with two attached hydrogens (primary N) is 1. The van der Waals surface area contributed by atoms with Crippen LogP contribution in [-0.4, -0.2) is 27.3 Å². The number of halogens is 1. The molecule has 1 heterocycles. The van der Waals surface area contributed by atoms with Gasteiger partial charge in [0.05, 0.1) is 15.7 Å². The fourth-order valence-corrected chi connectivity index (χ4v) is 2.66. The molecule has 0 bridgehead atoms. The predicted octanol–water partition coefficient (Wildman–Crippen LogP) is 2.28. The highest BCUT2D eigenvalue weighted by Crippen LogP contribution is 2.21. The molecule has 0 aliphatic carbocycles. The lowest BCUT2D eigenvalue weighted by atomic mass is 9.94. The molecule has 0 aliphatic heterocycles. The van der Waals surface area contributed by atoms with Crippen molar-refractivity contribution in [1.82, 2.24) is 15.1 Å². The Morgan fingerprint density at radius 2 is 2.10 bits per heavy atom. The quantitative estimate of drug-likeness (QED) is 0.796. The topological polar surface area (TPSA) is 72.9 Å². The number of hydrogen-bond donors (Lipinski definition) is 2. The van der Waals surface area contributed by atoms with E-state index in [1.807, 2.05) is 39.3 Å². The standard InChI is InChI=1S/C14H25BrN4O/c1-9(2)17-14(5,13(16)20)7-6-8-19-11(4)12(15)10(3)18-19/h9,17H,6-8H2,1-5H3,(H2,16,20). The number of nitrogens with one attached hydrogen (secondary N) is 1. The van der Waals surface area contributed by atoms with Gasteiger partial charge < -0.3 is 11.1 Å². The van der Waals surface area contributed by atoms with Gasteiger partial charge in [-0.1, -0.05) is 0 Å². The molecule has 0 fully saturated rings. The van der Waals surface area contributed by atoms with E-state index in [4.69, 9.17) is 5.73 Å². The summed E-state index contributed by atoms with van der Waals surface area (Å²) >= 11 is 3.52. The summed E-state index contributed by atoms with van der Waals surface area (Å²) < 4.78 is 3.02. The molecule has 5 nitrogen and oxygen atoms in total. The number of amides is 1. The maximum Gasteiger partial charge on any atom is 0.237 e. The Morgan fingerprint density at radius 1 is 1.50 bits per heavy atom. The summed E-state index contributed by atoms with van der Waals surface area (Å²) in [7, 11) is 0. The molecule has 0 aromatic carbocycles. The molecule has 20 heavy (non-hydrogen) atoms. The third-order valence-corrected chi connectivity index (χ3v) is 4.64. The van der Waals surface area contributed by atoms with E-state index in [0.29, 0.717) is 6.42 Å². The van der Waals surface area contributed by atoms with Gasteiger partial charge in [-0.2, -0.15) is 5.10 Å². The van der Waals surface area contributed by atoms with E-state index in [9.17, 15) is 4.79 Å². The van der Waals surface area contributed by atoms with Crippen molar-refractivity contribution in [3.05, 3.63) is 15.9 Å². The Kier molecular flexibility index (Phi) is 5.77. The predicted molar refractivity (Wildman–Crippen MR) is 84.5 cm³/mol. The lowest BCUT2D eigenvalue weighted by Crippen LogP contribution is -2.55. The summed E-state index contributed by atoms with van der Waals surface area (Å²) in [5.74, 6) is -0.305. The number of hydrogen-bond acceptors (Lipinski definition) is 3. The van der Waals surface area contributed by atoms with Gasteiger partial charge in [-0.25, -0.2) is 0 Å². The Morgan fingerprint density at radius 3 is 2.50 bits per heavy atom. The van der Waals surface area contributed by atoms with E-state index in [0.717, 1.165) is 28.8 Å². The van der Waals surface area contributed by atoms with E-state index in [-0.39, 0.29) is 11.9 Å². The summed E-state index contributed by atoms with van der Waals surface area (Å²) in [6, 6.07) is 0.218. The Balaban J connectivity index is 2.65. The summed E-state index contributed by atoms with van der Waals surface area (Å²) in [6.45, 7) is 10.7. The van der Waals surface area contributed by atoms with Crippen LogP contribution in [0.1, 0.15) is 45.0 Å². The first-order valence-corrected chi connectivity index (χ1v) is 7.74. The van der Waals surface area contributed by atoms with Crippen LogP contribution in [0.3, 0.4) is 0 Å². The van der Waals surface area contributed by atoms with Crippen LogP contribution in [-0.2, 0) is 11.3 Å². The van der Waals surface area contributed by atoms with E-state index in [2.05, 4.69) is 26.3 Å². The molecule has 0 radical (unpaired) electrons. The zero-order valence-electron chi connectivity index (χ0n) is 13.0. The van der Waals surface area contributed by atoms with E-state index in [1.165, 1.54) is 0 Å². The van der Waals surface area contributed by atoms with Gasteiger partial charge in [0.25, 0.3) is 0 Å². The van der Waals surface area contributed by atoms with Crippen molar-refractivity contribution in [2.75, 3.05) is 0 Å². The molecule has 1 aromatic rings. The maximum atomic E-state index is 11.7. The molecule has 0 aliphatic rings. The van der Waals surface area contributed by atoms with Crippen LogP contribution in [0.2, 0.25) is 0 Å². The van der Waals surface area contributed by atoms with Gasteiger partial charge >= 0.3 is 0 Å². The van der Waals surface area contributed by atoms with Crippen molar-refractivity contribution in [3.63, 3.8) is 0 Å². The SMILES string of the molecule is Cc1nn(CCCC(C)(NC(C)C)C(N)=O)c(C)c1Br. The van der Waals surface area contributed by atoms with Gasteiger partial charge in [-0.05, 0) is 63.4 Å². The normalized spacial score (nSPS) is 14.6. The number of aromatic nitrogens is 2. The molecule has 0 spiro atoms. The molecule has 0 saturated carbocycles. The number of aryl methyl sites for hydroxylation is 2. The first-order valence-electron chi connectivity index (χ1n) is 6.94. The van der Waals surface area contributed by atoms with Gasteiger partial charge in [0, 0.05) is 18.3 Å². The van der Waals surface area contributed by atoms with Gasteiger partial charge in [0.15, 0.2) is 0 Å². The van der Waals surface area contributed by atoms with E-state index < -0.39 is 5.54 Å². The first kappa shape index (κ1) is 17.2. The second kappa shape index (κ2) is 6.72. The van der Waals surface area contributed by atoms with Crippen LogP contribution in [0, 0.1) is 13.8 Å². The van der Waals surface area contributed by atoms with Crippen molar-refractivity contribution in [1.29, 1.82) is 0 Å². The lowest BCUT2D eigenvalue weighted by Gasteiger charge is -2.29. The van der Waals surface area contributed by atoms with Crippen molar-refractivity contribution < 1.29 is 4.79 Å². The highest BCUT2D eigenvalue weighted by molar-refractivity contribution is 9.10. The fraction of sp³-hybridized carbons (Fsp3) is 0.714. The zero-order chi connectivity index (χ0) is 15.5. The number of carbonyl (C=O) groups excluding carboxylic acids is 1. The van der Waals surface area contributed by atoms with Crippen molar-refractivity contribution >= 4 is 21.8 Å². The van der Waals surface area contributed by atoms with E-state index in [1.54, 1.807) is 0 Å². The highest BCUT2D eigenvalue weighted by Gasteiger charge is 2.30. The number of rotatable bonds is 7. The average molecular weight is 345 g/mol. The smallest absolute Gasteiger partial charge is 0.237 e. The van der Waals surface area contributed by atoms with Crippen molar-refractivity contribution in [2.24, 2.45) is 5.73 Å². The molecular weight excluding hydrogens is 320 g/mol. The van der Waals surface area contributed by atoms with E-state index >= 15 is 0 Å². The van der Waals surface area contributed by atoms with Gasteiger partial charge in [-0.3, -0.25) is 9.48 Å². The third-order valence-electron chi connectivity index (χ3n) is 3.49. The Hall–Kier alpha value is -0.880. The fourth-order valence-electron chi connectivity index (χ4n) is 2.38. The number of primary amides is 1. The second-order valence-corrected chi connectivity index (χ2v) is 6.60. The molecule has 6 heteroatoms. The first-order chi connectivity index (χ1) is 9.17. The van der Waals surface area contributed by atoms with Gasteiger partial charge in [0.2, 0.25) is 5.91 Å². The molecule has 1 aromatic heterocycles. The molecule has 1 amide bonds. The molecule has 1 atom stereocenters. The molecule has 3 N–H and O–H groups in total. The van der Waals surface area contributed by atoms with Crippen LogP contribution in [0.25, 0.3) is 0 Å². The number of nitrogens with zero attached hydrogens (tertiary/aromatic N) is 2. The third kappa shape index (κ3) is 4.06. The minimum absolute atomic E-state index is 0.218. The van der Waals surface area contributed by atoms with Crippen LogP contribution in [0.4, 0.5) is 0 Å². The maximum absolute atomic E-state index is 11.7. The summed E-state index contributed by atoms with van der Waals surface area (Å²) in [5, 5.41) is 7.73. The average Bonchev–Trinajstić information content (AvgIpc) is 2.56. The number of carbonyl (C=O) groups is 1. The summed E-state index contributed by atoms with van der Waals surface area (Å²) in [4.78, 5) is 11.7. The van der Waals surface area contributed by atoms with Gasteiger partial charge in [0.1, 0.15) is 0 Å². The zero-order valence-corrected chi connectivity index (χ0v) is 14.5. The molecule has 114 valence electrons. The van der Waals surface area contributed by atoms with Crippen LogP contribution >= 0.6 is 15.9 Å². The highest BCUT2D eigenvalue weighted by atomic mass is 79.9. The molecule has 1 rings (SSSR count). The monoisotopic (exact) mass is 344 g/mol. The minimum atomic E-state index is -0.665. The van der Waals surface area contributed by atoms with Crippen molar-refractivity contribution in [3.8, 4) is 0 Å². The second-order valence-electron chi connectivity index (χ2n) is 5.81.